The van der Waals surface area contributed by atoms with E-state index in [1.54, 1.807) is 0 Å². The Labute approximate surface area is 65.6 Å². The van der Waals surface area contributed by atoms with E-state index in [-0.39, 0.29) is 4.88 Å². The molecule has 0 saturated carbocycles. The summed E-state index contributed by atoms with van der Waals surface area (Å²) in [6.45, 7) is 0. The smallest absolute Gasteiger partial charge is 0.319 e. The van der Waals surface area contributed by atoms with Gasteiger partial charge in [-0.3, -0.25) is 10.1 Å². The number of carbonyl (C=O) groups excluding carboxylic acids is 2. The zero-order valence-electron chi connectivity index (χ0n) is 5.27. The van der Waals surface area contributed by atoms with E-state index in [9.17, 15) is 9.59 Å². The summed E-state index contributed by atoms with van der Waals surface area (Å²) in [5.41, 5.74) is 4.69. The molecule has 6 nitrogen and oxygen atoms in total. The van der Waals surface area contributed by atoms with E-state index < -0.39 is 11.9 Å². The Balaban J connectivity index is 2.64. The number of rotatable bonds is 1. The highest BCUT2D eigenvalue weighted by atomic mass is 32.1. The molecule has 3 N–H and O–H groups in total. The van der Waals surface area contributed by atoms with Gasteiger partial charge in [0.05, 0.1) is 6.20 Å². The van der Waals surface area contributed by atoms with E-state index in [1.165, 1.54) is 6.20 Å². The van der Waals surface area contributed by atoms with Gasteiger partial charge in [-0.25, -0.2) is 4.79 Å². The largest absolute Gasteiger partial charge is 0.351 e. The molecule has 3 amide bonds. The molecule has 7 heteroatoms. The van der Waals surface area contributed by atoms with Gasteiger partial charge in [0, 0.05) is 0 Å². The Morgan fingerprint density at radius 3 is 2.82 bits per heavy atom. The van der Waals surface area contributed by atoms with Crippen LogP contribution in [-0.2, 0) is 0 Å². The van der Waals surface area contributed by atoms with Crippen LogP contribution in [0, 0.1) is 0 Å². The van der Waals surface area contributed by atoms with Gasteiger partial charge in [0.2, 0.25) is 0 Å². The average Bonchev–Trinajstić information content (AvgIpc) is 2.35. The molecular formula is C4H4N4O2S. The Kier molecular flexibility index (Phi) is 2.12. The van der Waals surface area contributed by atoms with Gasteiger partial charge in [-0.1, -0.05) is 4.49 Å². The molecule has 0 fully saturated rings. The molecule has 1 rings (SSSR count). The minimum Gasteiger partial charge on any atom is -0.351 e. The number of nitrogens with zero attached hydrogens (tertiary/aromatic N) is 2. The Morgan fingerprint density at radius 2 is 2.36 bits per heavy atom. The van der Waals surface area contributed by atoms with Crippen molar-refractivity contribution >= 4 is 23.5 Å². The maximum absolute atomic E-state index is 10.8. The number of hydrogen-bond acceptors (Lipinski definition) is 5. The van der Waals surface area contributed by atoms with Crippen LogP contribution < -0.4 is 11.1 Å². The molecule has 0 bridgehead atoms. The first kappa shape index (κ1) is 7.61. The van der Waals surface area contributed by atoms with Gasteiger partial charge in [0.25, 0.3) is 5.91 Å². The molecule has 0 radical (unpaired) electrons. The number of nitrogens with two attached hydrogens (primary N) is 1. The molecule has 11 heavy (non-hydrogen) atoms. The number of nitrogens with one attached hydrogen (secondary N) is 1. The average molecular weight is 172 g/mol. The summed E-state index contributed by atoms with van der Waals surface area (Å²) in [5, 5.41) is 5.28. The maximum atomic E-state index is 10.8. The third kappa shape index (κ3) is 1.97. The fourth-order valence-corrected chi connectivity index (χ4v) is 0.851. The lowest BCUT2D eigenvalue weighted by Crippen LogP contribution is -2.34. The predicted octanol–water partition coefficient (Wildman–Crippen LogP) is -0.653. The van der Waals surface area contributed by atoms with Crippen LogP contribution in [0.1, 0.15) is 9.67 Å². The normalized spacial score (nSPS) is 9.09. The highest BCUT2D eigenvalue weighted by molar-refractivity contribution is 7.07. The van der Waals surface area contributed by atoms with Crippen LogP contribution >= 0.6 is 11.5 Å². The molecule has 1 aromatic rings. The molecule has 0 unspecified atom stereocenters. The zero-order chi connectivity index (χ0) is 8.27. The van der Waals surface area contributed by atoms with Gasteiger partial charge in [-0.05, 0) is 11.5 Å². The summed E-state index contributed by atoms with van der Waals surface area (Å²) in [6, 6.07) is -0.886. The summed E-state index contributed by atoms with van der Waals surface area (Å²) < 4.78 is 3.43. The summed E-state index contributed by atoms with van der Waals surface area (Å²) in [4.78, 5) is 21.2. The third-order valence-electron chi connectivity index (χ3n) is 0.822. The second kappa shape index (κ2) is 3.06. The van der Waals surface area contributed by atoms with Crippen LogP contribution in [-0.4, -0.2) is 21.5 Å². The van der Waals surface area contributed by atoms with Crippen LogP contribution in [0.15, 0.2) is 6.20 Å². The predicted molar refractivity (Wildman–Crippen MR) is 37.0 cm³/mol. The topological polar surface area (TPSA) is 98.0 Å². The molecule has 0 saturated heterocycles. The molecular weight excluding hydrogens is 168 g/mol. The SMILES string of the molecule is NC(=O)NC(=O)c1cnns1. The summed E-state index contributed by atoms with van der Waals surface area (Å²) in [5.74, 6) is -0.576. The van der Waals surface area contributed by atoms with E-state index >= 15 is 0 Å². The molecule has 1 heterocycles. The number of amides is 3. The van der Waals surface area contributed by atoms with Gasteiger partial charge in [0.15, 0.2) is 0 Å². The minimum atomic E-state index is -0.886. The number of primary amides is 1. The fraction of sp³-hybridized carbons (Fsp3) is 0. The number of carbonyl (C=O) groups is 2. The Bertz CT molecular complexity index is 270. The summed E-state index contributed by atoms with van der Waals surface area (Å²) in [6.07, 6.45) is 1.25. The van der Waals surface area contributed by atoms with E-state index in [2.05, 4.69) is 9.59 Å². The van der Waals surface area contributed by atoms with Gasteiger partial charge in [-0.15, -0.1) is 5.10 Å². The standard InChI is InChI=1S/C4H4N4O2S/c5-4(10)7-3(9)2-1-6-8-11-2/h1H,(H3,5,7,9,10). The highest BCUT2D eigenvalue weighted by Gasteiger charge is 2.09. The van der Waals surface area contributed by atoms with Gasteiger partial charge < -0.3 is 5.73 Å². The maximum Gasteiger partial charge on any atom is 0.319 e. The highest BCUT2D eigenvalue weighted by Crippen LogP contribution is 1.99. The molecule has 1 aromatic heterocycles. The number of urea groups is 1. The monoisotopic (exact) mass is 172 g/mol. The van der Waals surface area contributed by atoms with Crippen LogP contribution in [0.25, 0.3) is 0 Å². The van der Waals surface area contributed by atoms with Crippen molar-refractivity contribution in [1.29, 1.82) is 0 Å². The third-order valence-corrected chi connectivity index (χ3v) is 1.49. The van der Waals surface area contributed by atoms with Gasteiger partial charge in [0.1, 0.15) is 4.88 Å². The zero-order valence-corrected chi connectivity index (χ0v) is 6.09. The van der Waals surface area contributed by atoms with E-state index in [0.29, 0.717) is 0 Å². The van der Waals surface area contributed by atoms with Crippen LogP contribution in [0.5, 0.6) is 0 Å². The van der Waals surface area contributed by atoms with Crippen LogP contribution in [0.2, 0.25) is 0 Å². The van der Waals surface area contributed by atoms with Crippen LogP contribution in [0.3, 0.4) is 0 Å². The van der Waals surface area contributed by atoms with Crippen molar-refractivity contribution in [1.82, 2.24) is 14.9 Å². The lowest BCUT2D eigenvalue weighted by Gasteiger charge is -1.93. The molecule has 0 aliphatic rings. The molecule has 0 aromatic carbocycles. The van der Waals surface area contributed by atoms with Crippen LogP contribution in [0.4, 0.5) is 4.79 Å². The second-order valence-corrected chi connectivity index (χ2v) is 2.39. The van der Waals surface area contributed by atoms with E-state index in [1.807, 2.05) is 5.32 Å². The van der Waals surface area contributed by atoms with Crippen molar-refractivity contribution in [3.63, 3.8) is 0 Å². The van der Waals surface area contributed by atoms with Crippen molar-refractivity contribution in [2.24, 2.45) is 5.73 Å². The first-order valence-electron chi connectivity index (χ1n) is 2.58. The van der Waals surface area contributed by atoms with Gasteiger partial charge in [-0.2, -0.15) is 0 Å². The minimum absolute atomic E-state index is 0.254. The van der Waals surface area contributed by atoms with Crippen molar-refractivity contribution in [3.05, 3.63) is 11.1 Å². The Hall–Kier alpha value is -1.50. The van der Waals surface area contributed by atoms with Crippen molar-refractivity contribution in [2.45, 2.75) is 0 Å². The van der Waals surface area contributed by atoms with Crippen molar-refractivity contribution in [3.8, 4) is 0 Å². The van der Waals surface area contributed by atoms with E-state index in [0.717, 1.165) is 11.5 Å². The summed E-state index contributed by atoms with van der Waals surface area (Å²) in [7, 11) is 0. The van der Waals surface area contributed by atoms with E-state index in [4.69, 9.17) is 5.73 Å². The van der Waals surface area contributed by atoms with Gasteiger partial charge >= 0.3 is 6.03 Å². The van der Waals surface area contributed by atoms with Crippen molar-refractivity contribution in [2.75, 3.05) is 0 Å². The van der Waals surface area contributed by atoms with Crippen molar-refractivity contribution < 1.29 is 9.59 Å². The fourth-order valence-electron chi connectivity index (χ4n) is 0.441. The molecule has 0 aliphatic heterocycles. The molecule has 0 spiro atoms. The lowest BCUT2D eigenvalue weighted by atomic mass is 10.5. The number of imide groups is 1. The number of aromatic nitrogens is 2. The summed E-state index contributed by atoms with van der Waals surface area (Å²) >= 11 is 0.892. The molecule has 0 atom stereocenters. The lowest BCUT2D eigenvalue weighted by molar-refractivity contribution is 0.0970. The molecule has 0 aliphatic carbocycles. The first-order chi connectivity index (χ1) is 5.20. The molecule has 58 valence electrons. The first-order valence-corrected chi connectivity index (χ1v) is 3.35. The second-order valence-electron chi connectivity index (χ2n) is 1.60. The number of hydrogen-bond donors (Lipinski definition) is 2. The Morgan fingerprint density at radius 1 is 1.64 bits per heavy atom. The quantitative estimate of drug-likeness (QED) is 0.587.